The fourth-order valence-corrected chi connectivity index (χ4v) is 4.79. The van der Waals surface area contributed by atoms with Crippen LogP contribution in [0.2, 0.25) is 15.1 Å². The van der Waals surface area contributed by atoms with Crippen LogP contribution < -0.4 is 20.3 Å². The molecule has 0 aliphatic carbocycles. The number of benzene rings is 2. The van der Waals surface area contributed by atoms with E-state index >= 15 is 0 Å². The summed E-state index contributed by atoms with van der Waals surface area (Å²) in [4.78, 5) is 28.7. The average molecular weight is 544 g/mol. The van der Waals surface area contributed by atoms with E-state index in [2.05, 4.69) is 15.5 Å². The summed E-state index contributed by atoms with van der Waals surface area (Å²) < 4.78 is 5.09. The Bertz CT molecular complexity index is 1070. The summed E-state index contributed by atoms with van der Waals surface area (Å²) in [5.74, 6) is 0.0222. The van der Waals surface area contributed by atoms with E-state index in [9.17, 15) is 9.59 Å². The summed E-state index contributed by atoms with van der Waals surface area (Å²) in [5.41, 5.74) is 1.75. The van der Waals surface area contributed by atoms with Crippen molar-refractivity contribution in [3.8, 4) is 5.75 Å². The summed E-state index contributed by atoms with van der Waals surface area (Å²) in [7, 11) is 1.44. The van der Waals surface area contributed by atoms with Crippen LogP contribution in [-0.2, 0) is 4.79 Å². The second-order valence-corrected chi connectivity index (χ2v) is 9.30. The van der Waals surface area contributed by atoms with E-state index in [4.69, 9.17) is 51.8 Å². The Kier molecular flexibility index (Phi) is 9.24. The molecule has 2 aromatic carbocycles. The number of nitrogens with one attached hydrogen (secondary N) is 2. The quantitative estimate of drug-likeness (QED) is 0.486. The maximum Gasteiger partial charge on any atom is 0.257 e. The van der Waals surface area contributed by atoms with Crippen LogP contribution in [0.15, 0.2) is 30.3 Å². The van der Waals surface area contributed by atoms with Crippen molar-refractivity contribution < 1.29 is 14.3 Å². The molecule has 1 aliphatic rings. The minimum atomic E-state index is -0.470. The lowest BCUT2D eigenvalue weighted by Crippen LogP contribution is -2.48. The SMILES string of the molecule is CCCC(=O)N1CCN(c2ccc(NC(=S)NC(=O)c3cc(Cl)c(OC)c(Cl)c3)cc2Cl)CC1. The third kappa shape index (κ3) is 6.44. The van der Waals surface area contributed by atoms with Crippen LogP contribution in [0.5, 0.6) is 5.75 Å². The van der Waals surface area contributed by atoms with E-state index < -0.39 is 5.91 Å². The first-order chi connectivity index (χ1) is 16.2. The summed E-state index contributed by atoms with van der Waals surface area (Å²) in [6.07, 6.45) is 1.43. The molecule has 0 saturated carbocycles. The van der Waals surface area contributed by atoms with Gasteiger partial charge < -0.3 is 19.9 Å². The van der Waals surface area contributed by atoms with E-state index in [1.165, 1.54) is 19.2 Å². The molecule has 0 unspecified atom stereocenters. The Balaban J connectivity index is 1.59. The molecule has 0 radical (unpaired) electrons. The highest BCUT2D eigenvalue weighted by Gasteiger charge is 2.22. The number of anilines is 2. The first-order valence-corrected chi connectivity index (χ1v) is 12.2. The maximum atomic E-state index is 12.5. The number of halogens is 3. The lowest BCUT2D eigenvalue weighted by atomic mass is 10.2. The molecule has 34 heavy (non-hydrogen) atoms. The molecule has 2 aromatic rings. The number of piperazine rings is 1. The molecule has 0 atom stereocenters. The van der Waals surface area contributed by atoms with Crippen molar-refractivity contribution in [3.63, 3.8) is 0 Å². The minimum absolute atomic E-state index is 0.0972. The Morgan fingerprint density at radius 1 is 1.03 bits per heavy atom. The van der Waals surface area contributed by atoms with E-state index in [1.807, 2.05) is 24.0 Å². The van der Waals surface area contributed by atoms with Crippen molar-refractivity contribution in [1.82, 2.24) is 10.2 Å². The average Bonchev–Trinajstić information content (AvgIpc) is 2.79. The van der Waals surface area contributed by atoms with E-state index in [0.29, 0.717) is 49.1 Å². The molecule has 182 valence electrons. The highest BCUT2D eigenvalue weighted by Crippen LogP contribution is 2.34. The van der Waals surface area contributed by atoms with Crippen molar-refractivity contribution in [2.45, 2.75) is 19.8 Å². The van der Waals surface area contributed by atoms with E-state index in [1.54, 1.807) is 6.07 Å². The normalized spacial score (nSPS) is 13.4. The summed E-state index contributed by atoms with van der Waals surface area (Å²) in [6, 6.07) is 8.36. The number of carbonyl (C=O) groups is 2. The molecule has 1 fully saturated rings. The minimum Gasteiger partial charge on any atom is -0.494 e. The zero-order valence-corrected chi connectivity index (χ0v) is 21.9. The molecule has 3 rings (SSSR count). The van der Waals surface area contributed by atoms with Gasteiger partial charge in [-0.2, -0.15) is 0 Å². The van der Waals surface area contributed by atoms with Gasteiger partial charge in [0, 0.05) is 43.9 Å². The molecule has 2 amide bonds. The van der Waals surface area contributed by atoms with Crippen molar-refractivity contribution in [3.05, 3.63) is 51.0 Å². The van der Waals surface area contributed by atoms with E-state index in [-0.39, 0.29) is 26.6 Å². The number of ether oxygens (including phenoxy) is 1. The van der Waals surface area contributed by atoms with Crippen LogP contribution in [0.3, 0.4) is 0 Å². The molecule has 0 bridgehead atoms. The lowest BCUT2D eigenvalue weighted by molar-refractivity contribution is -0.131. The third-order valence-corrected chi connectivity index (χ3v) is 6.40. The van der Waals surface area contributed by atoms with Crippen LogP contribution in [0.25, 0.3) is 0 Å². The van der Waals surface area contributed by atoms with Crippen LogP contribution in [0.4, 0.5) is 11.4 Å². The largest absolute Gasteiger partial charge is 0.494 e. The zero-order valence-electron chi connectivity index (χ0n) is 18.8. The fourth-order valence-electron chi connectivity index (χ4n) is 3.63. The second-order valence-electron chi connectivity index (χ2n) is 7.67. The zero-order chi connectivity index (χ0) is 24.8. The van der Waals surface area contributed by atoms with Gasteiger partial charge in [0.1, 0.15) is 0 Å². The molecule has 0 spiro atoms. The number of amides is 2. The summed E-state index contributed by atoms with van der Waals surface area (Å²) in [6.45, 7) is 4.77. The van der Waals surface area contributed by atoms with Gasteiger partial charge >= 0.3 is 0 Å². The molecule has 1 saturated heterocycles. The Morgan fingerprint density at radius 2 is 1.68 bits per heavy atom. The predicted octanol–water partition coefficient (Wildman–Crippen LogP) is 5.23. The van der Waals surface area contributed by atoms with Gasteiger partial charge in [-0.3, -0.25) is 14.9 Å². The van der Waals surface area contributed by atoms with E-state index in [0.717, 1.165) is 12.1 Å². The topological polar surface area (TPSA) is 73.9 Å². The number of thiocarbonyl (C=S) groups is 1. The van der Waals surface area contributed by atoms with Crippen molar-refractivity contribution in [2.75, 3.05) is 43.5 Å². The molecule has 1 aliphatic heterocycles. The molecular formula is C23H25Cl3N4O3S. The Labute approximate surface area is 219 Å². The fraction of sp³-hybridized carbons (Fsp3) is 0.348. The van der Waals surface area contributed by atoms with Gasteiger partial charge in [-0.15, -0.1) is 0 Å². The monoisotopic (exact) mass is 542 g/mol. The summed E-state index contributed by atoms with van der Waals surface area (Å²) >= 11 is 24.0. The molecule has 0 aromatic heterocycles. The first kappa shape index (κ1) is 26.3. The number of rotatable bonds is 6. The smallest absolute Gasteiger partial charge is 0.257 e. The number of methoxy groups -OCH3 is 1. The van der Waals surface area contributed by atoms with Gasteiger partial charge in [0.25, 0.3) is 5.91 Å². The summed E-state index contributed by atoms with van der Waals surface area (Å²) in [5, 5.41) is 6.63. The van der Waals surface area contributed by atoms with Crippen LogP contribution in [0, 0.1) is 0 Å². The number of carbonyl (C=O) groups excluding carboxylic acids is 2. The highest BCUT2D eigenvalue weighted by atomic mass is 35.5. The molecule has 2 N–H and O–H groups in total. The highest BCUT2D eigenvalue weighted by molar-refractivity contribution is 7.80. The van der Waals surface area contributed by atoms with Gasteiger partial charge in [0.2, 0.25) is 5.91 Å². The van der Waals surface area contributed by atoms with Gasteiger partial charge in [-0.05, 0) is 49.0 Å². The predicted molar refractivity (Wildman–Crippen MR) is 142 cm³/mol. The maximum absolute atomic E-state index is 12.5. The van der Waals surface area contributed by atoms with Gasteiger partial charge in [0.15, 0.2) is 10.9 Å². The lowest BCUT2D eigenvalue weighted by Gasteiger charge is -2.36. The van der Waals surface area contributed by atoms with Crippen LogP contribution >= 0.6 is 47.0 Å². The number of nitrogens with zero attached hydrogens (tertiary/aromatic N) is 2. The van der Waals surface area contributed by atoms with Gasteiger partial charge in [-0.25, -0.2) is 0 Å². The molecule has 11 heteroatoms. The number of hydrogen-bond acceptors (Lipinski definition) is 5. The second kappa shape index (κ2) is 11.9. The number of hydrogen-bond donors (Lipinski definition) is 2. The van der Waals surface area contributed by atoms with Crippen LogP contribution in [0.1, 0.15) is 30.1 Å². The Morgan fingerprint density at radius 3 is 2.24 bits per heavy atom. The standard InChI is InChI=1S/C23H25Cl3N4O3S/c1-3-4-20(31)30-9-7-29(8-10-30)19-6-5-15(13-16(19)24)27-23(34)28-22(32)14-11-17(25)21(33-2)18(26)12-14/h5-6,11-13H,3-4,7-10H2,1-2H3,(H2,27,28,32,34). The van der Waals surface area contributed by atoms with Crippen molar-refractivity contribution >= 4 is 75.3 Å². The van der Waals surface area contributed by atoms with Crippen molar-refractivity contribution in [2.24, 2.45) is 0 Å². The molecule has 7 nitrogen and oxygen atoms in total. The first-order valence-electron chi connectivity index (χ1n) is 10.7. The molecule has 1 heterocycles. The third-order valence-electron chi connectivity index (χ3n) is 5.33. The van der Waals surface area contributed by atoms with Gasteiger partial charge in [-0.1, -0.05) is 41.7 Å². The van der Waals surface area contributed by atoms with Crippen molar-refractivity contribution in [1.29, 1.82) is 0 Å². The van der Waals surface area contributed by atoms with Crippen LogP contribution in [-0.4, -0.2) is 55.1 Å². The Hall–Kier alpha value is -2.26. The molecular weight excluding hydrogens is 519 g/mol. The van der Waals surface area contributed by atoms with Gasteiger partial charge in [0.05, 0.1) is 27.9 Å².